The summed E-state index contributed by atoms with van der Waals surface area (Å²) in [5.74, 6) is 0. The van der Waals surface area contributed by atoms with Crippen LogP contribution >= 0.6 is 0 Å². The van der Waals surface area contributed by atoms with Crippen LogP contribution in [0, 0.1) is 0 Å². The van der Waals surface area contributed by atoms with E-state index in [4.69, 9.17) is 9.47 Å². The first kappa shape index (κ1) is 13.9. The number of rotatable bonds is 8. The van der Waals surface area contributed by atoms with Crippen molar-refractivity contribution in [3.05, 3.63) is 0 Å². The Morgan fingerprint density at radius 2 is 1.56 bits per heavy atom. The van der Waals surface area contributed by atoms with E-state index in [1.807, 2.05) is 0 Å². The minimum absolute atomic E-state index is 0.655. The molecule has 4 heteroatoms. The predicted molar refractivity (Wildman–Crippen MR) is 65.3 cm³/mol. The van der Waals surface area contributed by atoms with E-state index in [0.717, 1.165) is 26.3 Å². The van der Waals surface area contributed by atoms with Crippen LogP contribution in [-0.2, 0) is 9.47 Å². The smallest absolute Gasteiger partial charge is 0.0603 e. The summed E-state index contributed by atoms with van der Waals surface area (Å²) in [5.41, 5.74) is 3.60. The van der Waals surface area contributed by atoms with Crippen molar-refractivity contribution < 1.29 is 9.47 Å². The third-order valence-electron chi connectivity index (χ3n) is 3.10. The molecule has 0 aromatic heterocycles. The lowest BCUT2D eigenvalue weighted by Gasteiger charge is -2.30. The molecule has 96 valence electrons. The summed E-state index contributed by atoms with van der Waals surface area (Å²) in [5, 5.41) is 2.24. The molecule has 0 aromatic carbocycles. The van der Waals surface area contributed by atoms with Crippen LogP contribution in [0.5, 0.6) is 0 Å². The SMILES string of the molecule is COCCN(CCOC)NC1CCCCC1. The van der Waals surface area contributed by atoms with E-state index in [-0.39, 0.29) is 0 Å². The number of hydrogen-bond acceptors (Lipinski definition) is 4. The molecule has 0 unspecified atom stereocenters. The van der Waals surface area contributed by atoms with Crippen molar-refractivity contribution in [1.29, 1.82) is 0 Å². The van der Waals surface area contributed by atoms with Gasteiger partial charge < -0.3 is 9.47 Å². The monoisotopic (exact) mass is 230 g/mol. The average molecular weight is 230 g/mol. The quantitative estimate of drug-likeness (QED) is 0.639. The lowest BCUT2D eigenvalue weighted by molar-refractivity contribution is 0.0640. The molecule has 0 radical (unpaired) electrons. The highest BCUT2D eigenvalue weighted by molar-refractivity contribution is 4.71. The fourth-order valence-corrected chi connectivity index (χ4v) is 2.13. The Bertz CT molecular complexity index is 153. The largest absolute Gasteiger partial charge is 0.383 e. The molecule has 4 nitrogen and oxygen atoms in total. The first-order chi connectivity index (χ1) is 7.86. The van der Waals surface area contributed by atoms with Crippen molar-refractivity contribution in [2.75, 3.05) is 40.5 Å². The van der Waals surface area contributed by atoms with Crippen LogP contribution in [-0.4, -0.2) is 51.6 Å². The molecule has 0 bridgehead atoms. The van der Waals surface area contributed by atoms with E-state index in [1.165, 1.54) is 32.1 Å². The molecule has 1 aliphatic rings. The van der Waals surface area contributed by atoms with E-state index in [2.05, 4.69) is 10.4 Å². The van der Waals surface area contributed by atoms with Crippen LogP contribution < -0.4 is 5.43 Å². The highest BCUT2D eigenvalue weighted by Crippen LogP contribution is 2.17. The van der Waals surface area contributed by atoms with Crippen molar-refractivity contribution in [3.8, 4) is 0 Å². The third kappa shape index (κ3) is 5.80. The summed E-state index contributed by atoms with van der Waals surface area (Å²) in [4.78, 5) is 0. The van der Waals surface area contributed by atoms with E-state index < -0.39 is 0 Å². The van der Waals surface area contributed by atoms with Crippen LogP contribution in [0.25, 0.3) is 0 Å². The van der Waals surface area contributed by atoms with Gasteiger partial charge in [-0.25, -0.2) is 5.01 Å². The predicted octanol–water partition coefficient (Wildman–Crippen LogP) is 1.42. The van der Waals surface area contributed by atoms with Gasteiger partial charge in [-0.1, -0.05) is 19.3 Å². The second-order valence-electron chi connectivity index (χ2n) is 4.44. The third-order valence-corrected chi connectivity index (χ3v) is 3.10. The van der Waals surface area contributed by atoms with E-state index >= 15 is 0 Å². The molecule has 1 aliphatic carbocycles. The molecule has 1 rings (SSSR count). The number of ether oxygens (including phenoxy) is 2. The molecule has 1 saturated carbocycles. The Morgan fingerprint density at radius 3 is 2.06 bits per heavy atom. The Labute approximate surface area is 99.3 Å². The standard InChI is InChI=1S/C12H26N2O2/c1-15-10-8-14(9-11-16-2)13-12-6-4-3-5-7-12/h12-13H,3-11H2,1-2H3. The number of nitrogens with one attached hydrogen (secondary N) is 1. The molecule has 0 saturated heterocycles. The first-order valence-electron chi connectivity index (χ1n) is 6.36. The molecule has 0 atom stereocenters. The summed E-state index contributed by atoms with van der Waals surface area (Å²) in [6.07, 6.45) is 6.72. The zero-order chi connectivity index (χ0) is 11.6. The van der Waals surface area contributed by atoms with Crippen LogP contribution in [0.2, 0.25) is 0 Å². The zero-order valence-electron chi connectivity index (χ0n) is 10.7. The first-order valence-corrected chi connectivity index (χ1v) is 6.36. The van der Waals surface area contributed by atoms with Gasteiger partial charge in [0.05, 0.1) is 13.2 Å². The summed E-state index contributed by atoms with van der Waals surface area (Å²) in [6, 6.07) is 0.655. The highest BCUT2D eigenvalue weighted by atomic mass is 16.5. The van der Waals surface area contributed by atoms with Gasteiger partial charge in [0.1, 0.15) is 0 Å². The van der Waals surface area contributed by atoms with Gasteiger partial charge in [-0.05, 0) is 12.8 Å². The molecule has 0 aliphatic heterocycles. The normalized spacial score (nSPS) is 18.2. The van der Waals surface area contributed by atoms with Gasteiger partial charge in [0, 0.05) is 33.4 Å². The highest BCUT2D eigenvalue weighted by Gasteiger charge is 2.15. The van der Waals surface area contributed by atoms with Crippen LogP contribution in [0.15, 0.2) is 0 Å². The number of hydrogen-bond donors (Lipinski definition) is 1. The van der Waals surface area contributed by atoms with Gasteiger partial charge in [0.2, 0.25) is 0 Å². The molecular formula is C12H26N2O2. The van der Waals surface area contributed by atoms with Crippen molar-refractivity contribution in [1.82, 2.24) is 10.4 Å². The van der Waals surface area contributed by atoms with E-state index in [0.29, 0.717) is 6.04 Å². The van der Waals surface area contributed by atoms with E-state index in [1.54, 1.807) is 14.2 Å². The fourth-order valence-electron chi connectivity index (χ4n) is 2.13. The Kier molecular flexibility index (Phi) is 7.76. The molecule has 0 heterocycles. The fraction of sp³-hybridized carbons (Fsp3) is 1.00. The molecular weight excluding hydrogens is 204 g/mol. The lowest BCUT2D eigenvalue weighted by Crippen LogP contribution is -2.48. The lowest BCUT2D eigenvalue weighted by atomic mass is 9.96. The van der Waals surface area contributed by atoms with Gasteiger partial charge in [-0.3, -0.25) is 5.43 Å². The number of nitrogens with zero attached hydrogens (tertiary/aromatic N) is 1. The molecule has 0 spiro atoms. The van der Waals surface area contributed by atoms with Gasteiger partial charge in [0.25, 0.3) is 0 Å². The Hall–Kier alpha value is -0.160. The molecule has 16 heavy (non-hydrogen) atoms. The average Bonchev–Trinajstić information content (AvgIpc) is 2.34. The molecule has 1 N–H and O–H groups in total. The molecule has 1 fully saturated rings. The summed E-state index contributed by atoms with van der Waals surface area (Å²) >= 11 is 0. The van der Waals surface area contributed by atoms with E-state index in [9.17, 15) is 0 Å². The Morgan fingerprint density at radius 1 is 1.00 bits per heavy atom. The van der Waals surface area contributed by atoms with Gasteiger partial charge in [0.15, 0.2) is 0 Å². The van der Waals surface area contributed by atoms with Crippen molar-refractivity contribution in [3.63, 3.8) is 0 Å². The maximum atomic E-state index is 5.12. The summed E-state index contributed by atoms with van der Waals surface area (Å²) in [7, 11) is 3.49. The second-order valence-corrected chi connectivity index (χ2v) is 4.44. The molecule has 0 aromatic rings. The maximum absolute atomic E-state index is 5.12. The minimum atomic E-state index is 0.655. The van der Waals surface area contributed by atoms with Crippen molar-refractivity contribution in [2.45, 2.75) is 38.1 Å². The van der Waals surface area contributed by atoms with Gasteiger partial charge in [-0.15, -0.1) is 0 Å². The Balaban J connectivity index is 2.23. The minimum Gasteiger partial charge on any atom is -0.383 e. The number of methoxy groups -OCH3 is 2. The van der Waals surface area contributed by atoms with Gasteiger partial charge >= 0.3 is 0 Å². The maximum Gasteiger partial charge on any atom is 0.0603 e. The van der Waals surface area contributed by atoms with Crippen LogP contribution in [0.4, 0.5) is 0 Å². The number of hydrazine groups is 1. The van der Waals surface area contributed by atoms with Crippen molar-refractivity contribution in [2.24, 2.45) is 0 Å². The summed E-state index contributed by atoms with van der Waals surface area (Å²) < 4.78 is 10.2. The summed E-state index contributed by atoms with van der Waals surface area (Å²) in [6.45, 7) is 3.39. The van der Waals surface area contributed by atoms with Crippen LogP contribution in [0.3, 0.4) is 0 Å². The van der Waals surface area contributed by atoms with Crippen LogP contribution in [0.1, 0.15) is 32.1 Å². The molecule has 0 amide bonds. The second kappa shape index (κ2) is 8.93. The van der Waals surface area contributed by atoms with Gasteiger partial charge in [-0.2, -0.15) is 0 Å². The topological polar surface area (TPSA) is 33.7 Å². The van der Waals surface area contributed by atoms with Crippen molar-refractivity contribution >= 4 is 0 Å². The zero-order valence-corrected chi connectivity index (χ0v) is 10.7.